The average molecular weight is 520 g/mol. The van der Waals surface area contributed by atoms with Crippen molar-refractivity contribution in [1.82, 2.24) is 20.6 Å². The van der Waals surface area contributed by atoms with Gasteiger partial charge < -0.3 is 20.4 Å². The van der Waals surface area contributed by atoms with Gasteiger partial charge in [-0.2, -0.15) is 0 Å². The number of halogens is 1. The summed E-state index contributed by atoms with van der Waals surface area (Å²) in [7, 11) is 0. The van der Waals surface area contributed by atoms with E-state index in [1.54, 1.807) is 30.8 Å². The second kappa shape index (κ2) is 11.9. The molecule has 0 bridgehead atoms. The highest BCUT2D eigenvalue weighted by atomic mass is 127. The fraction of sp³-hybridized carbons (Fsp3) is 0.238. The SMILES string of the molecule is CCNC(=NCc1coc(-c2ccc(C)cc2)n1)NCC(=O)Nc1cccnc1.I. The van der Waals surface area contributed by atoms with Crippen molar-refractivity contribution < 1.29 is 9.21 Å². The number of rotatable bonds is 7. The molecule has 3 aromatic rings. The van der Waals surface area contributed by atoms with Crippen molar-refractivity contribution >= 4 is 41.5 Å². The van der Waals surface area contributed by atoms with E-state index < -0.39 is 0 Å². The van der Waals surface area contributed by atoms with Crippen LogP contribution in [0.15, 0.2) is 64.5 Å². The molecule has 30 heavy (non-hydrogen) atoms. The largest absolute Gasteiger partial charge is 0.444 e. The van der Waals surface area contributed by atoms with Gasteiger partial charge >= 0.3 is 0 Å². The lowest BCUT2D eigenvalue weighted by atomic mass is 10.1. The molecule has 9 heteroatoms. The van der Waals surface area contributed by atoms with Crippen LogP contribution < -0.4 is 16.0 Å². The number of anilines is 1. The minimum atomic E-state index is -0.188. The highest BCUT2D eigenvalue weighted by molar-refractivity contribution is 14.0. The third-order valence-corrected chi connectivity index (χ3v) is 3.96. The summed E-state index contributed by atoms with van der Waals surface area (Å²) in [4.78, 5) is 25.0. The molecule has 3 N–H and O–H groups in total. The maximum Gasteiger partial charge on any atom is 0.243 e. The van der Waals surface area contributed by atoms with Gasteiger partial charge in [-0.1, -0.05) is 17.7 Å². The van der Waals surface area contributed by atoms with Crippen LogP contribution in [0.1, 0.15) is 18.2 Å². The third kappa shape index (κ3) is 7.14. The van der Waals surface area contributed by atoms with Gasteiger partial charge in [0.2, 0.25) is 11.8 Å². The Balaban J connectivity index is 0.00000320. The van der Waals surface area contributed by atoms with Crippen LogP contribution in [0.2, 0.25) is 0 Å². The minimum Gasteiger partial charge on any atom is -0.444 e. The van der Waals surface area contributed by atoms with Crippen molar-refractivity contribution in [2.75, 3.05) is 18.4 Å². The van der Waals surface area contributed by atoms with Crippen LogP contribution in [-0.4, -0.2) is 34.9 Å². The smallest absolute Gasteiger partial charge is 0.243 e. The van der Waals surface area contributed by atoms with Gasteiger partial charge in [-0.05, 0) is 38.1 Å². The van der Waals surface area contributed by atoms with Crippen LogP contribution in [0.4, 0.5) is 5.69 Å². The standard InChI is InChI=1S/C21H24N6O2.HI/c1-3-23-21(25-13-19(28)26-17-5-4-10-22-11-17)24-12-18-14-29-20(27-18)16-8-6-15(2)7-9-16;/h4-11,14H,3,12-13H2,1-2H3,(H,26,28)(H2,23,24,25);1H. The number of nitrogens with one attached hydrogen (secondary N) is 3. The molecule has 0 saturated heterocycles. The summed E-state index contributed by atoms with van der Waals surface area (Å²) in [6.45, 7) is 5.07. The fourth-order valence-corrected chi connectivity index (χ4v) is 2.52. The zero-order chi connectivity index (χ0) is 20.5. The highest BCUT2D eigenvalue weighted by Gasteiger charge is 2.08. The van der Waals surface area contributed by atoms with Crippen LogP contribution in [0, 0.1) is 6.92 Å². The van der Waals surface area contributed by atoms with E-state index in [-0.39, 0.29) is 36.4 Å². The van der Waals surface area contributed by atoms with E-state index in [1.807, 2.05) is 38.1 Å². The van der Waals surface area contributed by atoms with E-state index in [9.17, 15) is 4.79 Å². The predicted octanol–water partition coefficient (Wildman–Crippen LogP) is 3.36. The molecule has 0 radical (unpaired) electrons. The first kappa shape index (κ1) is 23.3. The molecule has 1 amide bonds. The molecule has 0 fully saturated rings. The number of guanidine groups is 1. The van der Waals surface area contributed by atoms with E-state index in [0.717, 1.165) is 5.56 Å². The fourth-order valence-electron chi connectivity index (χ4n) is 2.52. The molecular weight excluding hydrogens is 495 g/mol. The van der Waals surface area contributed by atoms with Gasteiger partial charge in [0.1, 0.15) is 12.0 Å². The number of carbonyl (C=O) groups excluding carboxylic acids is 1. The Morgan fingerprint density at radius 3 is 2.67 bits per heavy atom. The van der Waals surface area contributed by atoms with Gasteiger partial charge in [0.15, 0.2) is 5.96 Å². The van der Waals surface area contributed by atoms with E-state index in [1.165, 1.54) is 5.56 Å². The van der Waals surface area contributed by atoms with Crippen molar-refractivity contribution in [3.05, 3.63) is 66.3 Å². The zero-order valence-electron chi connectivity index (χ0n) is 16.9. The number of oxazole rings is 1. The molecule has 1 aromatic carbocycles. The number of benzene rings is 1. The zero-order valence-corrected chi connectivity index (χ0v) is 19.2. The Hall–Kier alpha value is -2.95. The monoisotopic (exact) mass is 520 g/mol. The Morgan fingerprint density at radius 2 is 1.97 bits per heavy atom. The summed E-state index contributed by atoms with van der Waals surface area (Å²) < 4.78 is 5.56. The summed E-state index contributed by atoms with van der Waals surface area (Å²) >= 11 is 0. The number of aryl methyl sites for hydroxylation is 1. The van der Waals surface area contributed by atoms with Gasteiger partial charge in [-0.25, -0.2) is 9.98 Å². The molecule has 8 nitrogen and oxygen atoms in total. The first-order valence-corrected chi connectivity index (χ1v) is 9.37. The van der Waals surface area contributed by atoms with Crippen LogP contribution in [0.25, 0.3) is 11.5 Å². The molecule has 3 rings (SSSR count). The Bertz CT molecular complexity index is 957. The first-order chi connectivity index (χ1) is 14.1. The number of hydrogen-bond acceptors (Lipinski definition) is 5. The molecule has 2 aromatic heterocycles. The van der Waals surface area contributed by atoms with Crippen LogP contribution in [0.5, 0.6) is 0 Å². The van der Waals surface area contributed by atoms with Crippen LogP contribution in [-0.2, 0) is 11.3 Å². The van der Waals surface area contributed by atoms with Gasteiger partial charge in [0.25, 0.3) is 0 Å². The number of hydrogen-bond donors (Lipinski definition) is 3. The quantitative estimate of drug-likeness (QED) is 0.251. The Morgan fingerprint density at radius 1 is 1.17 bits per heavy atom. The van der Waals surface area contributed by atoms with Crippen LogP contribution >= 0.6 is 24.0 Å². The lowest BCUT2D eigenvalue weighted by Crippen LogP contribution is -2.41. The Labute approximate surface area is 192 Å². The van der Waals surface area contributed by atoms with Crippen molar-refractivity contribution in [1.29, 1.82) is 0 Å². The maximum absolute atomic E-state index is 12.1. The predicted molar refractivity (Wildman–Crippen MR) is 128 cm³/mol. The minimum absolute atomic E-state index is 0. The number of carbonyl (C=O) groups is 1. The van der Waals surface area contributed by atoms with Gasteiger partial charge in [-0.3, -0.25) is 9.78 Å². The van der Waals surface area contributed by atoms with Crippen molar-refractivity contribution in [2.45, 2.75) is 20.4 Å². The summed E-state index contributed by atoms with van der Waals surface area (Å²) in [6, 6.07) is 11.5. The molecule has 0 atom stereocenters. The number of nitrogens with zero attached hydrogens (tertiary/aromatic N) is 3. The van der Waals surface area contributed by atoms with Gasteiger partial charge in [0, 0.05) is 18.3 Å². The summed E-state index contributed by atoms with van der Waals surface area (Å²) in [5.74, 6) is 0.893. The second-order valence-corrected chi connectivity index (χ2v) is 6.35. The van der Waals surface area contributed by atoms with E-state index in [4.69, 9.17) is 4.42 Å². The average Bonchev–Trinajstić information content (AvgIpc) is 3.20. The molecule has 0 aliphatic rings. The molecule has 158 valence electrons. The number of aliphatic imine (C=N–C) groups is 1. The van der Waals surface area contributed by atoms with Crippen molar-refractivity contribution in [3.8, 4) is 11.5 Å². The topological polar surface area (TPSA) is 104 Å². The maximum atomic E-state index is 12.1. The molecule has 2 heterocycles. The lowest BCUT2D eigenvalue weighted by molar-refractivity contribution is -0.115. The normalized spacial score (nSPS) is 10.8. The molecular formula is C21H25IN6O2. The summed E-state index contributed by atoms with van der Waals surface area (Å²) in [5.41, 5.74) is 3.45. The van der Waals surface area contributed by atoms with E-state index >= 15 is 0 Å². The van der Waals surface area contributed by atoms with Crippen LogP contribution in [0.3, 0.4) is 0 Å². The summed E-state index contributed by atoms with van der Waals surface area (Å²) in [5, 5.41) is 8.87. The molecule has 0 saturated carbocycles. The molecule has 0 spiro atoms. The number of pyridine rings is 1. The van der Waals surface area contributed by atoms with Crippen molar-refractivity contribution in [2.24, 2.45) is 4.99 Å². The van der Waals surface area contributed by atoms with E-state index in [0.29, 0.717) is 36.3 Å². The number of aromatic nitrogens is 2. The van der Waals surface area contributed by atoms with Gasteiger partial charge in [-0.15, -0.1) is 24.0 Å². The second-order valence-electron chi connectivity index (χ2n) is 6.35. The molecule has 0 aliphatic carbocycles. The third-order valence-electron chi connectivity index (χ3n) is 3.96. The molecule has 0 unspecified atom stereocenters. The van der Waals surface area contributed by atoms with Crippen molar-refractivity contribution in [3.63, 3.8) is 0 Å². The molecule has 0 aliphatic heterocycles. The Kier molecular flexibility index (Phi) is 9.26. The first-order valence-electron chi connectivity index (χ1n) is 9.37. The number of amides is 1. The summed E-state index contributed by atoms with van der Waals surface area (Å²) in [6.07, 6.45) is 4.84. The van der Waals surface area contributed by atoms with E-state index in [2.05, 4.69) is 30.9 Å². The lowest BCUT2D eigenvalue weighted by Gasteiger charge is -2.11. The highest BCUT2D eigenvalue weighted by Crippen LogP contribution is 2.19. The van der Waals surface area contributed by atoms with Gasteiger partial charge in [0.05, 0.1) is 25.0 Å².